The maximum absolute atomic E-state index is 12.6. The van der Waals surface area contributed by atoms with Gasteiger partial charge in [0.15, 0.2) is 0 Å². The Labute approximate surface area is 116 Å². The van der Waals surface area contributed by atoms with Crippen LogP contribution in [0.4, 0.5) is 5.82 Å². The van der Waals surface area contributed by atoms with E-state index in [1.54, 1.807) is 20.2 Å². The van der Waals surface area contributed by atoms with Crippen molar-refractivity contribution >= 4 is 15.8 Å². The normalized spacial score (nSPS) is 14.5. The van der Waals surface area contributed by atoms with Crippen LogP contribution in [0.25, 0.3) is 0 Å². The summed E-state index contributed by atoms with van der Waals surface area (Å²) in [7, 11) is -0.176. The standard InChI is InChI=1S/C13H23N3O2S/c1-10(13(2,3)4)16(6)19(17,18)11-7-8-15-12(9-11)14-5/h7-10H,1-6H3,(H,14,15). The molecule has 1 heterocycles. The van der Waals surface area contributed by atoms with Crippen LogP contribution in [-0.4, -0.2) is 37.8 Å². The second-order valence-corrected chi connectivity index (χ2v) is 7.69. The smallest absolute Gasteiger partial charge is 0.243 e. The first-order chi connectivity index (χ1) is 8.60. The lowest BCUT2D eigenvalue weighted by Crippen LogP contribution is -2.42. The van der Waals surface area contributed by atoms with Gasteiger partial charge >= 0.3 is 0 Å². The fourth-order valence-electron chi connectivity index (χ4n) is 1.63. The summed E-state index contributed by atoms with van der Waals surface area (Å²) in [5, 5.41) is 2.84. The molecule has 0 aliphatic carbocycles. The van der Waals surface area contributed by atoms with Crippen LogP contribution in [0.1, 0.15) is 27.7 Å². The highest BCUT2D eigenvalue weighted by Gasteiger charge is 2.32. The van der Waals surface area contributed by atoms with Crippen molar-refractivity contribution in [1.29, 1.82) is 0 Å². The lowest BCUT2D eigenvalue weighted by molar-refractivity contribution is 0.216. The minimum atomic E-state index is -3.50. The number of pyridine rings is 1. The van der Waals surface area contributed by atoms with Crippen molar-refractivity contribution in [1.82, 2.24) is 9.29 Å². The number of hydrogen-bond donors (Lipinski definition) is 1. The Morgan fingerprint density at radius 2 is 1.95 bits per heavy atom. The topological polar surface area (TPSA) is 62.3 Å². The lowest BCUT2D eigenvalue weighted by Gasteiger charge is -2.34. The molecule has 108 valence electrons. The minimum Gasteiger partial charge on any atom is -0.373 e. The zero-order valence-corrected chi connectivity index (χ0v) is 13.2. The summed E-state index contributed by atoms with van der Waals surface area (Å²) in [6.45, 7) is 7.98. The van der Waals surface area contributed by atoms with Crippen LogP contribution in [-0.2, 0) is 10.0 Å². The van der Waals surface area contributed by atoms with Crippen LogP contribution in [0.3, 0.4) is 0 Å². The van der Waals surface area contributed by atoms with Gasteiger partial charge in [-0.05, 0) is 18.4 Å². The third-order valence-electron chi connectivity index (χ3n) is 3.46. The first-order valence-electron chi connectivity index (χ1n) is 6.22. The summed E-state index contributed by atoms with van der Waals surface area (Å²) in [6.07, 6.45) is 1.49. The maximum Gasteiger partial charge on any atom is 0.243 e. The molecule has 0 saturated carbocycles. The van der Waals surface area contributed by atoms with Crippen LogP contribution >= 0.6 is 0 Å². The molecule has 0 bridgehead atoms. The Kier molecular flexibility index (Phi) is 4.58. The zero-order valence-electron chi connectivity index (χ0n) is 12.4. The van der Waals surface area contributed by atoms with E-state index in [4.69, 9.17) is 0 Å². The Hall–Kier alpha value is -1.14. The summed E-state index contributed by atoms with van der Waals surface area (Å²) in [5.41, 5.74) is -0.124. The van der Waals surface area contributed by atoms with Gasteiger partial charge in [0, 0.05) is 32.4 Å². The number of sulfonamides is 1. The summed E-state index contributed by atoms with van der Waals surface area (Å²) in [5.74, 6) is 0.540. The molecule has 0 saturated heterocycles. The molecule has 0 fully saturated rings. The quantitative estimate of drug-likeness (QED) is 0.921. The minimum absolute atomic E-state index is 0.108. The van der Waals surface area contributed by atoms with Crippen molar-refractivity contribution in [3.8, 4) is 0 Å². The molecule has 5 nitrogen and oxygen atoms in total. The highest BCUT2D eigenvalue weighted by Crippen LogP contribution is 2.27. The Bertz CT molecular complexity index is 535. The molecule has 0 amide bonds. The van der Waals surface area contributed by atoms with Gasteiger partial charge in [-0.25, -0.2) is 13.4 Å². The summed E-state index contributed by atoms with van der Waals surface area (Å²) in [6, 6.07) is 2.95. The van der Waals surface area contributed by atoms with Crippen molar-refractivity contribution in [3.05, 3.63) is 18.3 Å². The van der Waals surface area contributed by atoms with Gasteiger partial charge < -0.3 is 5.32 Å². The third kappa shape index (κ3) is 3.45. The SMILES string of the molecule is CNc1cc(S(=O)(=O)N(C)C(C)C(C)(C)C)ccn1. The number of anilines is 1. The molecule has 0 radical (unpaired) electrons. The third-order valence-corrected chi connectivity index (χ3v) is 5.39. The zero-order chi connectivity index (χ0) is 14.8. The number of rotatable bonds is 4. The van der Waals surface area contributed by atoms with Crippen LogP contribution in [0.15, 0.2) is 23.2 Å². The largest absolute Gasteiger partial charge is 0.373 e. The lowest BCUT2D eigenvalue weighted by atomic mass is 9.88. The van der Waals surface area contributed by atoms with Crippen molar-refractivity contribution in [2.45, 2.75) is 38.6 Å². The molecule has 1 rings (SSSR count). The predicted octanol–water partition coefficient (Wildman–Crippen LogP) is 2.18. The van der Waals surface area contributed by atoms with Crippen molar-refractivity contribution in [2.24, 2.45) is 5.41 Å². The van der Waals surface area contributed by atoms with Crippen molar-refractivity contribution < 1.29 is 8.42 Å². The molecule has 1 unspecified atom stereocenters. The molecule has 0 aliphatic rings. The van der Waals surface area contributed by atoms with E-state index >= 15 is 0 Å². The average molecular weight is 285 g/mol. The molecule has 19 heavy (non-hydrogen) atoms. The molecular weight excluding hydrogens is 262 g/mol. The van der Waals surface area contributed by atoms with Crippen LogP contribution in [0, 0.1) is 5.41 Å². The van der Waals surface area contributed by atoms with Gasteiger partial charge in [-0.15, -0.1) is 0 Å². The van der Waals surface area contributed by atoms with Gasteiger partial charge in [-0.1, -0.05) is 20.8 Å². The second kappa shape index (κ2) is 5.46. The first kappa shape index (κ1) is 15.9. The Morgan fingerprint density at radius 1 is 1.37 bits per heavy atom. The molecule has 0 aromatic carbocycles. The van der Waals surface area contributed by atoms with Gasteiger partial charge in [0.05, 0.1) is 4.90 Å². The Morgan fingerprint density at radius 3 is 2.42 bits per heavy atom. The monoisotopic (exact) mass is 285 g/mol. The van der Waals surface area contributed by atoms with E-state index < -0.39 is 10.0 Å². The Balaban J connectivity index is 3.16. The summed E-state index contributed by atoms with van der Waals surface area (Å²) >= 11 is 0. The molecule has 6 heteroatoms. The van der Waals surface area contributed by atoms with Gasteiger partial charge in [-0.3, -0.25) is 0 Å². The van der Waals surface area contributed by atoms with Gasteiger partial charge in [-0.2, -0.15) is 4.31 Å². The second-order valence-electron chi connectivity index (χ2n) is 5.69. The van der Waals surface area contributed by atoms with E-state index in [9.17, 15) is 8.42 Å². The van der Waals surface area contributed by atoms with Crippen molar-refractivity contribution in [2.75, 3.05) is 19.4 Å². The molecule has 1 N–H and O–H groups in total. The number of nitrogens with one attached hydrogen (secondary N) is 1. The van der Waals surface area contributed by atoms with E-state index in [-0.39, 0.29) is 16.4 Å². The maximum atomic E-state index is 12.6. The molecule has 0 aliphatic heterocycles. The number of aromatic nitrogens is 1. The molecular formula is C13H23N3O2S. The number of nitrogens with zero attached hydrogens (tertiary/aromatic N) is 2. The first-order valence-corrected chi connectivity index (χ1v) is 7.66. The fourth-order valence-corrected chi connectivity index (χ4v) is 3.19. The van der Waals surface area contributed by atoms with Crippen LogP contribution in [0.2, 0.25) is 0 Å². The van der Waals surface area contributed by atoms with E-state index in [2.05, 4.69) is 10.3 Å². The van der Waals surface area contributed by atoms with Gasteiger partial charge in [0.1, 0.15) is 5.82 Å². The molecule has 1 aromatic rings. The van der Waals surface area contributed by atoms with Gasteiger partial charge in [0.2, 0.25) is 10.0 Å². The fraction of sp³-hybridized carbons (Fsp3) is 0.615. The van der Waals surface area contributed by atoms with Gasteiger partial charge in [0.25, 0.3) is 0 Å². The van der Waals surface area contributed by atoms with Crippen LogP contribution < -0.4 is 5.32 Å². The predicted molar refractivity (Wildman–Crippen MR) is 77.6 cm³/mol. The van der Waals surface area contributed by atoms with E-state index in [0.29, 0.717) is 5.82 Å². The van der Waals surface area contributed by atoms with E-state index in [0.717, 1.165) is 0 Å². The highest BCUT2D eigenvalue weighted by atomic mass is 32.2. The summed E-state index contributed by atoms with van der Waals surface area (Å²) in [4.78, 5) is 4.29. The highest BCUT2D eigenvalue weighted by molar-refractivity contribution is 7.89. The van der Waals surface area contributed by atoms with E-state index in [1.807, 2.05) is 27.7 Å². The average Bonchev–Trinajstić information content (AvgIpc) is 2.35. The van der Waals surface area contributed by atoms with Crippen LogP contribution in [0.5, 0.6) is 0 Å². The molecule has 1 atom stereocenters. The van der Waals surface area contributed by atoms with Crippen molar-refractivity contribution in [3.63, 3.8) is 0 Å². The van der Waals surface area contributed by atoms with E-state index in [1.165, 1.54) is 16.6 Å². The summed E-state index contributed by atoms with van der Waals surface area (Å²) < 4.78 is 26.5. The molecule has 0 spiro atoms. The molecule has 1 aromatic heterocycles. The number of hydrogen-bond acceptors (Lipinski definition) is 4.